The van der Waals surface area contributed by atoms with Gasteiger partial charge in [-0.2, -0.15) is 4.98 Å². The number of ether oxygens (including phenoxy) is 1. The number of benzene rings is 2. The lowest BCUT2D eigenvalue weighted by molar-refractivity contribution is -0.113. The van der Waals surface area contributed by atoms with Crippen molar-refractivity contribution in [3.8, 4) is 28.9 Å². The van der Waals surface area contributed by atoms with Gasteiger partial charge in [-0.1, -0.05) is 58.9 Å². The number of nitrogens with zero attached hydrogens (tertiary/aromatic N) is 5. The summed E-state index contributed by atoms with van der Waals surface area (Å²) in [6, 6.07) is 15.1. The lowest BCUT2D eigenvalue weighted by Crippen LogP contribution is -2.15. The highest BCUT2D eigenvalue weighted by Crippen LogP contribution is 2.26. The average molecular weight is 436 g/mol. The molecule has 0 atom stereocenters. The molecule has 1 amide bonds. The van der Waals surface area contributed by atoms with E-state index in [9.17, 15) is 4.79 Å². The first-order valence-electron chi connectivity index (χ1n) is 9.41. The number of hydrogen-bond donors (Lipinski definition) is 1. The topological polar surface area (TPSA) is 108 Å². The molecule has 4 rings (SSSR count). The van der Waals surface area contributed by atoms with E-state index < -0.39 is 0 Å². The summed E-state index contributed by atoms with van der Waals surface area (Å²) in [6.45, 7) is 2.01. The van der Waals surface area contributed by atoms with Gasteiger partial charge in [0.15, 0.2) is 5.16 Å². The number of aromatic nitrogens is 5. The maximum atomic E-state index is 12.3. The van der Waals surface area contributed by atoms with E-state index in [4.69, 9.17) is 9.26 Å². The van der Waals surface area contributed by atoms with Gasteiger partial charge in [0, 0.05) is 12.6 Å². The summed E-state index contributed by atoms with van der Waals surface area (Å²) < 4.78 is 12.3. The Balaban J connectivity index is 1.43. The lowest BCUT2D eigenvalue weighted by atomic mass is 10.1. The summed E-state index contributed by atoms with van der Waals surface area (Å²) in [6.07, 6.45) is 0. The summed E-state index contributed by atoms with van der Waals surface area (Å²) in [7, 11) is 3.34. The molecule has 1 N–H and O–H groups in total. The molecule has 0 fully saturated rings. The van der Waals surface area contributed by atoms with Crippen molar-refractivity contribution in [2.75, 3.05) is 18.2 Å². The van der Waals surface area contributed by atoms with Crippen LogP contribution in [-0.4, -0.2) is 43.7 Å². The van der Waals surface area contributed by atoms with Gasteiger partial charge in [0.05, 0.1) is 18.6 Å². The molecule has 2 aromatic carbocycles. The summed E-state index contributed by atoms with van der Waals surface area (Å²) in [5.74, 6) is 1.74. The monoisotopic (exact) mass is 436 g/mol. The fourth-order valence-corrected chi connectivity index (χ4v) is 3.54. The predicted octanol–water partition coefficient (Wildman–Crippen LogP) is 3.58. The Kier molecular flexibility index (Phi) is 5.99. The fourth-order valence-electron chi connectivity index (χ4n) is 2.83. The second-order valence-corrected chi connectivity index (χ2v) is 7.63. The highest BCUT2D eigenvalue weighted by Gasteiger charge is 2.19. The van der Waals surface area contributed by atoms with Crippen LogP contribution in [-0.2, 0) is 11.8 Å². The van der Waals surface area contributed by atoms with Gasteiger partial charge in [-0.05, 0) is 19.1 Å². The highest BCUT2D eigenvalue weighted by molar-refractivity contribution is 7.99. The Morgan fingerprint density at radius 2 is 1.94 bits per heavy atom. The second kappa shape index (κ2) is 9.00. The number of amides is 1. The summed E-state index contributed by atoms with van der Waals surface area (Å²) in [4.78, 5) is 16.8. The largest absolute Gasteiger partial charge is 0.495 e. The van der Waals surface area contributed by atoms with Crippen molar-refractivity contribution in [2.24, 2.45) is 7.05 Å². The van der Waals surface area contributed by atoms with Crippen molar-refractivity contribution >= 4 is 23.4 Å². The molecule has 0 saturated carbocycles. The molecule has 0 unspecified atom stereocenters. The molecule has 9 nitrogen and oxygen atoms in total. The van der Waals surface area contributed by atoms with Gasteiger partial charge < -0.3 is 19.1 Å². The van der Waals surface area contributed by atoms with Crippen molar-refractivity contribution in [3.05, 3.63) is 54.1 Å². The van der Waals surface area contributed by atoms with Gasteiger partial charge in [0.2, 0.25) is 17.6 Å². The first kappa shape index (κ1) is 20.6. The molecule has 2 heterocycles. The molecular weight excluding hydrogens is 416 g/mol. The minimum atomic E-state index is -0.182. The third-order valence-corrected chi connectivity index (χ3v) is 5.50. The minimum Gasteiger partial charge on any atom is -0.495 e. The number of carbonyl (C=O) groups is 1. The normalized spacial score (nSPS) is 10.8. The Hall–Kier alpha value is -3.66. The minimum absolute atomic E-state index is 0.155. The van der Waals surface area contributed by atoms with Crippen LogP contribution in [0.2, 0.25) is 0 Å². The standard InChI is InChI=1S/C21H20N6O3S/c1-13-8-10-14(11-9-13)18-23-20(30-26-18)19-24-25-21(27(19)2)31-12-17(28)22-15-6-4-5-7-16(15)29-3/h4-11H,12H2,1-3H3,(H,22,28). The molecule has 0 aliphatic carbocycles. The van der Waals surface area contributed by atoms with Gasteiger partial charge in [-0.25, -0.2) is 0 Å². The molecule has 158 valence electrons. The van der Waals surface area contributed by atoms with Gasteiger partial charge in [0.1, 0.15) is 5.75 Å². The zero-order valence-electron chi connectivity index (χ0n) is 17.2. The fraction of sp³-hybridized carbons (Fsp3) is 0.190. The molecule has 0 spiro atoms. The molecule has 10 heteroatoms. The van der Waals surface area contributed by atoms with Gasteiger partial charge in [-0.3, -0.25) is 4.79 Å². The van der Waals surface area contributed by atoms with E-state index in [2.05, 4.69) is 25.7 Å². The number of methoxy groups -OCH3 is 1. The van der Waals surface area contributed by atoms with Crippen molar-refractivity contribution in [2.45, 2.75) is 12.1 Å². The second-order valence-electron chi connectivity index (χ2n) is 6.69. The van der Waals surface area contributed by atoms with Crippen LogP contribution in [0.1, 0.15) is 5.56 Å². The van der Waals surface area contributed by atoms with Crippen molar-refractivity contribution in [1.29, 1.82) is 0 Å². The van der Waals surface area contributed by atoms with Crippen molar-refractivity contribution in [3.63, 3.8) is 0 Å². The Morgan fingerprint density at radius 3 is 2.71 bits per heavy atom. The molecule has 31 heavy (non-hydrogen) atoms. The maximum absolute atomic E-state index is 12.3. The summed E-state index contributed by atoms with van der Waals surface area (Å²) in [5, 5.41) is 15.7. The molecule has 4 aromatic rings. The van der Waals surface area contributed by atoms with E-state index in [-0.39, 0.29) is 17.6 Å². The molecule has 0 bridgehead atoms. The third-order valence-electron chi connectivity index (χ3n) is 4.48. The molecule has 0 aliphatic heterocycles. The molecule has 0 saturated heterocycles. The van der Waals surface area contributed by atoms with E-state index in [1.165, 1.54) is 11.8 Å². The molecular formula is C21H20N6O3S. The van der Waals surface area contributed by atoms with E-state index in [0.717, 1.165) is 11.1 Å². The van der Waals surface area contributed by atoms with Crippen LogP contribution in [0.3, 0.4) is 0 Å². The number of aryl methyl sites for hydroxylation is 1. The van der Waals surface area contributed by atoms with Gasteiger partial charge in [0.25, 0.3) is 5.89 Å². The van der Waals surface area contributed by atoms with Crippen molar-refractivity contribution < 1.29 is 14.1 Å². The Bertz CT molecular complexity index is 1200. The average Bonchev–Trinajstić information content (AvgIpc) is 3.40. The summed E-state index contributed by atoms with van der Waals surface area (Å²) >= 11 is 1.25. The molecule has 0 aliphatic rings. The highest BCUT2D eigenvalue weighted by atomic mass is 32.2. The quantitative estimate of drug-likeness (QED) is 0.438. The number of carbonyl (C=O) groups excluding carboxylic acids is 1. The molecule has 0 radical (unpaired) electrons. The van der Waals surface area contributed by atoms with Crippen molar-refractivity contribution in [1.82, 2.24) is 24.9 Å². The smallest absolute Gasteiger partial charge is 0.296 e. The van der Waals surface area contributed by atoms with Crippen LogP contribution in [0.15, 0.2) is 58.2 Å². The van der Waals surface area contributed by atoms with E-state index >= 15 is 0 Å². The summed E-state index contributed by atoms with van der Waals surface area (Å²) in [5.41, 5.74) is 2.62. The van der Waals surface area contributed by atoms with Crippen LogP contribution in [0.5, 0.6) is 5.75 Å². The van der Waals surface area contributed by atoms with Gasteiger partial charge in [-0.15, -0.1) is 10.2 Å². The Labute approximate surface area is 182 Å². The first-order chi connectivity index (χ1) is 15.0. The number of nitrogens with one attached hydrogen (secondary N) is 1. The predicted molar refractivity (Wildman–Crippen MR) is 117 cm³/mol. The van der Waals surface area contributed by atoms with Crippen LogP contribution >= 0.6 is 11.8 Å². The van der Waals surface area contributed by atoms with E-state index in [1.807, 2.05) is 43.3 Å². The number of anilines is 1. The van der Waals surface area contributed by atoms with Crippen LogP contribution in [0.4, 0.5) is 5.69 Å². The first-order valence-corrected chi connectivity index (χ1v) is 10.4. The number of thioether (sulfide) groups is 1. The zero-order valence-corrected chi connectivity index (χ0v) is 18.0. The van der Waals surface area contributed by atoms with Crippen LogP contribution in [0, 0.1) is 6.92 Å². The zero-order chi connectivity index (χ0) is 21.8. The van der Waals surface area contributed by atoms with E-state index in [0.29, 0.717) is 28.2 Å². The van der Waals surface area contributed by atoms with Crippen LogP contribution in [0.25, 0.3) is 23.1 Å². The lowest BCUT2D eigenvalue weighted by Gasteiger charge is -2.09. The third kappa shape index (κ3) is 4.58. The number of hydrogen-bond acceptors (Lipinski definition) is 8. The van der Waals surface area contributed by atoms with Gasteiger partial charge >= 0.3 is 0 Å². The van der Waals surface area contributed by atoms with Crippen LogP contribution < -0.4 is 10.1 Å². The Morgan fingerprint density at radius 1 is 1.16 bits per heavy atom. The number of para-hydroxylation sites is 2. The number of rotatable bonds is 7. The van der Waals surface area contributed by atoms with E-state index in [1.54, 1.807) is 30.9 Å². The SMILES string of the molecule is COc1ccccc1NC(=O)CSc1nnc(-c2nc(-c3ccc(C)cc3)no2)n1C. The maximum Gasteiger partial charge on any atom is 0.296 e. The molecule has 2 aromatic heterocycles.